The topological polar surface area (TPSA) is 30.5 Å². The molecule has 0 saturated heterocycles. The smallest absolute Gasteiger partial charge is 0.163 e. The Kier molecular flexibility index (Phi) is 7.07. The van der Waals surface area contributed by atoms with Crippen LogP contribution in [-0.2, 0) is 13.2 Å². The predicted molar refractivity (Wildman–Crippen MR) is 108 cm³/mol. The summed E-state index contributed by atoms with van der Waals surface area (Å²) in [5.74, 6) is 1.31. The second-order valence-corrected chi connectivity index (χ2v) is 7.50. The summed E-state index contributed by atoms with van der Waals surface area (Å²) >= 11 is 12.7. The highest BCUT2D eigenvalue weighted by molar-refractivity contribution is 6.31. The fraction of sp³-hybridized carbons (Fsp3) is 0.429. The summed E-state index contributed by atoms with van der Waals surface area (Å²) in [6, 6.07) is 12.0. The fourth-order valence-corrected chi connectivity index (χ4v) is 3.73. The van der Waals surface area contributed by atoms with Crippen molar-refractivity contribution in [2.75, 3.05) is 7.11 Å². The maximum absolute atomic E-state index is 6.49. The third-order valence-corrected chi connectivity index (χ3v) is 5.58. The molecule has 0 aromatic heterocycles. The van der Waals surface area contributed by atoms with Gasteiger partial charge in [-0.15, -0.1) is 0 Å². The SMILES string of the molecule is COc1cc(CNC2CCCCC2)c(Cl)cc1OCc1ccccc1Cl. The van der Waals surface area contributed by atoms with E-state index in [2.05, 4.69) is 5.32 Å². The highest BCUT2D eigenvalue weighted by atomic mass is 35.5. The van der Waals surface area contributed by atoms with E-state index in [0.29, 0.717) is 34.2 Å². The Balaban J connectivity index is 1.67. The maximum atomic E-state index is 6.49. The van der Waals surface area contributed by atoms with Gasteiger partial charge in [-0.2, -0.15) is 0 Å². The number of nitrogens with one attached hydrogen (secondary N) is 1. The lowest BCUT2D eigenvalue weighted by molar-refractivity contribution is 0.284. The number of methoxy groups -OCH3 is 1. The molecule has 0 amide bonds. The van der Waals surface area contributed by atoms with Crippen LogP contribution < -0.4 is 14.8 Å². The van der Waals surface area contributed by atoms with Gasteiger partial charge in [0.25, 0.3) is 0 Å². The molecule has 0 aliphatic heterocycles. The molecule has 26 heavy (non-hydrogen) atoms. The molecule has 140 valence electrons. The Bertz CT molecular complexity index is 730. The fourth-order valence-electron chi connectivity index (χ4n) is 3.32. The summed E-state index contributed by atoms with van der Waals surface area (Å²) in [6.45, 7) is 1.11. The molecule has 1 aliphatic rings. The van der Waals surface area contributed by atoms with Crippen molar-refractivity contribution >= 4 is 23.2 Å². The molecule has 0 unspecified atom stereocenters. The Labute approximate surface area is 165 Å². The quantitative estimate of drug-likeness (QED) is 0.625. The van der Waals surface area contributed by atoms with Crippen LogP contribution in [0, 0.1) is 0 Å². The van der Waals surface area contributed by atoms with Crippen molar-refractivity contribution in [3.05, 3.63) is 57.6 Å². The monoisotopic (exact) mass is 393 g/mol. The van der Waals surface area contributed by atoms with Gasteiger partial charge in [0.15, 0.2) is 11.5 Å². The van der Waals surface area contributed by atoms with Gasteiger partial charge in [0.05, 0.1) is 7.11 Å². The van der Waals surface area contributed by atoms with Gasteiger partial charge in [-0.3, -0.25) is 0 Å². The number of benzene rings is 2. The van der Waals surface area contributed by atoms with Crippen LogP contribution >= 0.6 is 23.2 Å². The zero-order valence-corrected chi connectivity index (χ0v) is 16.6. The van der Waals surface area contributed by atoms with E-state index in [1.165, 1.54) is 32.1 Å². The largest absolute Gasteiger partial charge is 0.493 e. The van der Waals surface area contributed by atoms with Gasteiger partial charge in [0, 0.05) is 34.3 Å². The van der Waals surface area contributed by atoms with Crippen LogP contribution in [0.3, 0.4) is 0 Å². The molecule has 2 aromatic carbocycles. The van der Waals surface area contributed by atoms with Crippen molar-refractivity contribution in [1.29, 1.82) is 0 Å². The number of hydrogen-bond acceptors (Lipinski definition) is 3. The van der Waals surface area contributed by atoms with Crippen LogP contribution in [0.15, 0.2) is 36.4 Å². The van der Waals surface area contributed by atoms with Crippen LogP contribution in [0.5, 0.6) is 11.5 Å². The van der Waals surface area contributed by atoms with Gasteiger partial charge < -0.3 is 14.8 Å². The minimum atomic E-state index is 0.367. The normalized spacial score (nSPS) is 15.0. The summed E-state index contributed by atoms with van der Waals surface area (Å²) in [4.78, 5) is 0. The van der Waals surface area contributed by atoms with E-state index in [1.807, 2.05) is 36.4 Å². The maximum Gasteiger partial charge on any atom is 0.163 e. The minimum Gasteiger partial charge on any atom is -0.493 e. The molecular weight excluding hydrogens is 369 g/mol. The zero-order chi connectivity index (χ0) is 18.4. The van der Waals surface area contributed by atoms with E-state index in [4.69, 9.17) is 32.7 Å². The first kappa shape index (κ1) is 19.3. The molecule has 1 saturated carbocycles. The number of halogens is 2. The molecule has 0 spiro atoms. The lowest BCUT2D eigenvalue weighted by Gasteiger charge is -2.23. The highest BCUT2D eigenvalue weighted by Crippen LogP contribution is 2.34. The predicted octanol–water partition coefficient (Wildman–Crippen LogP) is 6.00. The Morgan fingerprint density at radius 3 is 2.46 bits per heavy atom. The minimum absolute atomic E-state index is 0.367. The number of hydrogen-bond donors (Lipinski definition) is 1. The Morgan fingerprint density at radius 1 is 0.962 bits per heavy atom. The molecule has 1 aliphatic carbocycles. The molecule has 2 aromatic rings. The van der Waals surface area contributed by atoms with Gasteiger partial charge in [-0.05, 0) is 30.5 Å². The van der Waals surface area contributed by atoms with Gasteiger partial charge in [-0.1, -0.05) is 60.7 Å². The average molecular weight is 394 g/mol. The third kappa shape index (κ3) is 5.06. The molecule has 0 heterocycles. The molecule has 5 heteroatoms. The lowest BCUT2D eigenvalue weighted by atomic mass is 9.95. The molecule has 1 N–H and O–H groups in total. The van der Waals surface area contributed by atoms with Crippen LogP contribution in [-0.4, -0.2) is 13.2 Å². The first-order chi connectivity index (χ1) is 12.7. The molecular formula is C21H25Cl2NO2. The first-order valence-electron chi connectivity index (χ1n) is 9.13. The Morgan fingerprint density at radius 2 is 1.73 bits per heavy atom. The Hall–Kier alpha value is -1.42. The second-order valence-electron chi connectivity index (χ2n) is 6.69. The second kappa shape index (κ2) is 9.50. The average Bonchev–Trinajstić information content (AvgIpc) is 2.67. The zero-order valence-electron chi connectivity index (χ0n) is 15.1. The lowest BCUT2D eigenvalue weighted by Crippen LogP contribution is -2.30. The molecule has 0 bridgehead atoms. The van der Waals surface area contributed by atoms with Crippen LogP contribution in [0.25, 0.3) is 0 Å². The van der Waals surface area contributed by atoms with Crippen molar-refractivity contribution in [2.45, 2.75) is 51.3 Å². The molecule has 3 rings (SSSR count). The van der Waals surface area contributed by atoms with Gasteiger partial charge >= 0.3 is 0 Å². The van der Waals surface area contributed by atoms with Crippen molar-refractivity contribution in [3.8, 4) is 11.5 Å². The summed E-state index contributed by atoms with van der Waals surface area (Å²) in [7, 11) is 1.64. The number of ether oxygens (including phenoxy) is 2. The van der Waals surface area contributed by atoms with E-state index in [0.717, 1.165) is 17.7 Å². The van der Waals surface area contributed by atoms with E-state index in [9.17, 15) is 0 Å². The van der Waals surface area contributed by atoms with E-state index in [1.54, 1.807) is 7.11 Å². The summed E-state index contributed by atoms with van der Waals surface area (Å²) in [5, 5.41) is 4.99. The van der Waals surface area contributed by atoms with Crippen LogP contribution in [0.4, 0.5) is 0 Å². The first-order valence-corrected chi connectivity index (χ1v) is 9.89. The molecule has 0 atom stereocenters. The van der Waals surface area contributed by atoms with Crippen molar-refractivity contribution in [2.24, 2.45) is 0 Å². The standard InChI is InChI=1S/C21H25Cl2NO2/c1-25-20-11-16(13-24-17-8-3-2-4-9-17)19(23)12-21(20)26-14-15-7-5-6-10-18(15)22/h5-7,10-12,17,24H,2-4,8-9,13-14H2,1H3. The van der Waals surface area contributed by atoms with E-state index < -0.39 is 0 Å². The number of rotatable bonds is 7. The molecule has 1 fully saturated rings. The van der Waals surface area contributed by atoms with Gasteiger partial charge in [0.1, 0.15) is 6.61 Å². The highest BCUT2D eigenvalue weighted by Gasteiger charge is 2.15. The summed E-state index contributed by atoms with van der Waals surface area (Å²) < 4.78 is 11.4. The van der Waals surface area contributed by atoms with Crippen molar-refractivity contribution < 1.29 is 9.47 Å². The van der Waals surface area contributed by atoms with E-state index >= 15 is 0 Å². The van der Waals surface area contributed by atoms with Crippen LogP contribution in [0.1, 0.15) is 43.2 Å². The summed E-state index contributed by atoms with van der Waals surface area (Å²) in [6.07, 6.45) is 6.46. The molecule has 3 nitrogen and oxygen atoms in total. The van der Waals surface area contributed by atoms with Crippen molar-refractivity contribution in [3.63, 3.8) is 0 Å². The summed E-state index contributed by atoms with van der Waals surface area (Å²) in [5.41, 5.74) is 1.95. The third-order valence-electron chi connectivity index (χ3n) is 4.86. The molecule has 0 radical (unpaired) electrons. The van der Waals surface area contributed by atoms with Crippen molar-refractivity contribution in [1.82, 2.24) is 5.32 Å². The van der Waals surface area contributed by atoms with Crippen LogP contribution in [0.2, 0.25) is 10.0 Å². The van der Waals surface area contributed by atoms with E-state index in [-0.39, 0.29) is 0 Å². The van der Waals surface area contributed by atoms with Gasteiger partial charge in [0.2, 0.25) is 0 Å². The van der Waals surface area contributed by atoms with Gasteiger partial charge in [-0.25, -0.2) is 0 Å².